The second kappa shape index (κ2) is 2.97. The first-order chi connectivity index (χ1) is 8.56. The lowest BCUT2D eigenvalue weighted by Crippen LogP contribution is -2.29. The van der Waals surface area contributed by atoms with E-state index < -0.39 is 0 Å². The number of hydrogen-bond donors (Lipinski definition) is 1. The van der Waals surface area contributed by atoms with Crippen molar-refractivity contribution in [2.45, 2.75) is 19.8 Å². The van der Waals surface area contributed by atoms with Gasteiger partial charge in [0.2, 0.25) is 0 Å². The SMILES string of the molecule is C=C1[C@H]2C[C@H]2[C@]2(C)C=C3OC(=O)C(CO)=C3C[C@@H]12. The Bertz CT molecular complexity index is 554. The van der Waals surface area contributed by atoms with Crippen molar-refractivity contribution in [2.75, 3.05) is 6.61 Å². The van der Waals surface area contributed by atoms with Gasteiger partial charge in [0.15, 0.2) is 0 Å². The van der Waals surface area contributed by atoms with E-state index in [1.165, 1.54) is 12.0 Å². The highest BCUT2D eigenvalue weighted by Crippen LogP contribution is 2.70. The molecule has 0 aromatic heterocycles. The van der Waals surface area contributed by atoms with Gasteiger partial charge in [-0.05, 0) is 42.1 Å². The van der Waals surface area contributed by atoms with Crippen LogP contribution in [0.15, 0.2) is 35.1 Å². The first kappa shape index (κ1) is 10.6. The first-order valence-corrected chi connectivity index (χ1v) is 6.53. The summed E-state index contributed by atoms with van der Waals surface area (Å²) in [4.78, 5) is 11.7. The van der Waals surface area contributed by atoms with Crippen LogP contribution in [0.25, 0.3) is 0 Å². The second-order valence-electron chi connectivity index (χ2n) is 6.16. The molecule has 0 unspecified atom stereocenters. The van der Waals surface area contributed by atoms with Gasteiger partial charge in [0.25, 0.3) is 0 Å². The van der Waals surface area contributed by atoms with E-state index in [0.717, 1.165) is 12.0 Å². The molecular formula is C15H16O3. The summed E-state index contributed by atoms with van der Waals surface area (Å²) in [6.07, 6.45) is 4.16. The van der Waals surface area contributed by atoms with Crippen LogP contribution in [0, 0.1) is 23.2 Å². The van der Waals surface area contributed by atoms with Crippen molar-refractivity contribution in [3.63, 3.8) is 0 Å². The smallest absolute Gasteiger partial charge is 0.342 e. The lowest BCUT2D eigenvalue weighted by molar-refractivity contribution is -0.133. The summed E-state index contributed by atoms with van der Waals surface area (Å²) in [5.41, 5.74) is 2.79. The van der Waals surface area contributed by atoms with E-state index in [-0.39, 0.29) is 18.0 Å². The predicted octanol–water partition coefficient (Wildman–Crippen LogP) is 1.95. The van der Waals surface area contributed by atoms with Crippen LogP contribution in [0.5, 0.6) is 0 Å². The third-order valence-electron chi connectivity index (χ3n) is 5.38. The average molecular weight is 244 g/mol. The largest absolute Gasteiger partial charge is 0.423 e. The number of rotatable bonds is 1. The number of aliphatic hydroxyl groups excluding tert-OH is 1. The fourth-order valence-electron chi connectivity index (χ4n) is 4.25. The summed E-state index contributed by atoms with van der Waals surface area (Å²) in [5.74, 6) is 2.09. The van der Waals surface area contributed by atoms with Crippen molar-refractivity contribution in [3.05, 3.63) is 35.1 Å². The number of fused-ring (bicyclic) bond motifs is 4. The van der Waals surface area contributed by atoms with Gasteiger partial charge in [-0.1, -0.05) is 19.1 Å². The topological polar surface area (TPSA) is 46.5 Å². The zero-order valence-electron chi connectivity index (χ0n) is 10.4. The van der Waals surface area contributed by atoms with E-state index in [0.29, 0.717) is 29.1 Å². The zero-order chi connectivity index (χ0) is 12.7. The van der Waals surface area contributed by atoms with Gasteiger partial charge in [-0.2, -0.15) is 0 Å². The quantitative estimate of drug-likeness (QED) is 0.566. The number of carbonyl (C=O) groups excluding carboxylic acids is 1. The third-order valence-corrected chi connectivity index (χ3v) is 5.38. The Morgan fingerprint density at radius 1 is 1.61 bits per heavy atom. The van der Waals surface area contributed by atoms with Gasteiger partial charge in [-0.25, -0.2) is 4.79 Å². The molecule has 0 spiro atoms. The molecule has 94 valence electrons. The fourth-order valence-corrected chi connectivity index (χ4v) is 4.25. The maximum absolute atomic E-state index is 11.7. The van der Waals surface area contributed by atoms with Crippen LogP contribution >= 0.6 is 0 Å². The van der Waals surface area contributed by atoms with Gasteiger partial charge in [0.1, 0.15) is 5.76 Å². The minimum atomic E-state index is -0.375. The molecule has 2 saturated carbocycles. The van der Waals surface area contributed by atoms with E-state index in [1.54, 1.807) is 0 Å². The van der Waals surface area contributed by atoms with Gasteiger partial charge in [-0.3, -0.25) is 0 Å². The Morgan fingerprint density at radius 2 is 2.39 bits per heavy atom. The van der Waals surface area contributed by atoms with Crippen LogP contribution in [0.3, 0.4) is 0 Å². The van der Waals surface area contributed by atoms with Crippen LogP contribution < -0.4 is 0 Å². The van der Waals surface area contributed by atoms with Gasteiger partial charge in [0, 0.05) is 5.57 Å². The molecule has 2 fully saturated rings. The molecule has 0 radical (unpaired) electrons. The molecule has 4 atom stereocenters. The number of ether oxygens (including phenoxy) is 1. The molecule has 0 aromatic rings. The second-order valence-corrected chi connectivity index (χ2v) is 6.16. The molecule has 4 rings (SSSR count). The van der Waals surface area contributed by atoms with Gasteiger partial charge in [0.05, 0.1) is 12.2 Å². The first-order valence-electron chi connectivity index (χ1n) is 6.53. The summed E-state index contributed by atoms with van der Waals surface area (Å²) in [7, 11) is 0. The van der Waals surface area contributed by atoms with Gasteiger partial charge < -0.3 is 9.84 Å². The van der Waals surface area contributed by atoms with Crippen LogP contribution in [-0.2, 0) is 9.53 Å². The van der Waals surface area contributed by atoms with Crippen LogP contribution in [0.4, 0.5) is 0 Å². The third kappa shape index (κ3) is 1.02. The minimum absolute atomic E-state index is 0.103. The molecule has 4 aliphatic rings. The van der Waals surface area contributed by atoms with Crippen molar-refractivity contribution < 1.29 is 14.6 Å². The fraction of sp³-hybridized carbons (Fsp3) is 0.533. The minimum Gasteiger partial charge on any atom is -0.423 e. The monoisotopic (exact) mass is 244 g/mol. The van der Waals surface area contributed by atoms with E-state index in [1.807, 2.05) is 0 Å². The Morgan fingerprint density at radius 3 is 3.11 bits per heavy atom. The van der Waals surface area contributed by atoms with Crippen LogP contribution in [0.2, 0.25) is 0 Å². The molecule has 0 saturated heterocycles. The molecular weight excluding hydrogens is 228 g/mol. The Hall–Kier alpha value is -1.35. The number of esters is 1. The van der Waals surface area contributed by atoms with Crippen molar-refractivity contribution in [1.82, 2.24) is 0 Å². The molecule has 1 heterocycles. The average Bonchev–Trinajstić information content (AvgIpc) is 3.02. The molecule has 3 heteroatoms. The van der Waals surface area contributed by atoms with E-state index in [9.17, 15) is 9.90 Å². The summed E-state index contributed by atoms with van der Waals surface area (Å²) >= 11 is 0. The Balaban J connectivity index is 1.86. The maximum atomic E-state index is 11.7. The van der Waals surface area contributed by atoms with Crippen molar-refractivity contribution >= 4 is 5.97 Å². The summed E-state index contributed by atoms with van der Waals surface area (Å²) in [5, 5.41) is 9.30. The highest BCUT2D eigenvalue weighted by molar-refractivity contribution is 5.95. The zero-order valence-corrected chi connectivity index (χ0v) is 10.4. The Labute approximate surface area is 106 Å². The molecule has 18 heavy (non-hydrogen) atoms. The van der Waals surface area contributed by atoms with Crippen molar-refractivity contribution in [2.24, 2.45) is 23.2 Å². The molecule has 3 nitrogen and oxygen atoms in total. The summed E-state index contributed by atoms with van der Waals surface area (Å²) in [6, 6.07) is 0. The van der Waals surface area contributed by atoms with Gasteiger partial charge >= 0.3 is 5.97 Å². The van der Waals surface area contributed by atoms with E-state index in [2.05, 4.69) is 19.6 Å². The van der Waals surface area contributed by atoms with Gasteiger partial charge in [-0.15, -0.1) is 0 Å². The van der Waals surface area contributed by atoms with Crippen LogP contribution in [-0.4, -0.2) is 17.7 Å². The number of allylic oxidation sites excluding steroid dienone is 3. The Kier molecular flexibility index (Phi) is 1.74. The van der Waals surface area contributed by atoms with E-state index >= 15 is 0 Å². The highest BCUT2D eigenvalue weighted by Gasteiger charge is 2.63. The molecule has 1 N–H and O–H groups in total. The van der Waals surface area contributed by atoms with Crippen molar-refractivity contribution in [3.8, 4) is 0 Å². The predicted molar refractivity (Wildman–Crippen MR) is 65.2 cm³/mol. The standard InChI is InChI=1S/C15H16O3/c1-7-8-3-12(8)15(2)5-13-9(4-11(7)15)10(6-16)14(17)18-13/h5,8,11-12,16H,1,3-4,6H2,2H3/t8-,11+,12-,15-/m1/s1. The lowest BCUT2D eigenvalue weighted by Gasteiger charge is -2.36. The lowest BCUT2D eigenvalue weighted by atomic mass is 9.67. The molecule has 1 aliphatic heterocycles. The molecule has 3 aliphatic carbocycles. The number of aliphatic hydroxyl groups is 1. The summed E-state index contributed by atoms with van der Waals surface area (Å²) in [6.45, 7) is 6.28. The molecule has 0 amide bonds. The highest BCUT2D eigenvalue weighted by atomic mass is 16.5. The number of carbonyl (C=O) groups is 1. The molecule has 0 bridgehead atoms. The maximum Gasteiger partial charge on any atom is 0.342 e. The number of hydrogen-bond acceptors (Lipinski definition) is 3. The molecule has 0 aromatic carbocycles. The van der Waals surface area contributed by atoms with Crippen molar-refractivity contribution in [1.29, 1.82) is 0 Å². The normalized spacial score (nSPS) is 44.3. The summed E-state index contributed by atoms with van der Waals surface area (Å²) < 4.78 is 5.30. The van der Waals surface area contributed by atoms with E-state index in [4.69, 9.17) is 4.74 Å². The van der Waals surface area contributed by atoms with Crippen LogP contribution in [0.1, 0.15) is 19.8 Å².